The Kier molecular flexibility index (Phi) is 24.6. The molecule has 0 heterocycles. The van der Waals surface area contributed by atoms with E-state index in [2.05, 4.69) is 152 Å². The fourth-order valence-corrected chi connectivity index (χ4v) is 5.06. The highest BCUT2D eigenvalue weighted by atomic mass is 16.6. The summed E-state index contributed by atoms with van der Waals surface area (Å²) in [5, 5.41) is 10.3. The van der Waals surface area contributed by atoms with Crippen LogP contribution in [-0.4, -0.2) is 83.2 Å². The van der Waals surface area contributed by atoms with Crippen molar-refractivity contribution in [2.45, 2.75) is 40.8 Å². The lowest BCUT2D eigenvalue weighted by atomic mass is 10.2. The predicted octanol–water partition coefficient (Wildman–Crippen LogP) is 10.2. The lowest BCUT2D eigenvalue weighted by Gasteiger charge is -2.20. The van der Waals surface area contributed by atoms with Crippen LogP contribution in [0.1, 0.15) is 38.8 Å². The molecule has 0 radical (unpaired) electrons. The molecule has 0 amide bonds. The molecule has 8 heteroatoms. The summed E-state index contributed by atoms with van der Waals surface area (Å²) in [5.74, 6) is 0. The summed E-state index contributed by atoms with van der Waals surface area (Å²) in [6.45, 7) is 15.3. The highest BCUT2D eigenvalue weighted by Crippen LogP contribution is 2.17. The molecule has 5 aromatic carbocycles. The number of anilines is 3. The van der Waals surface area contributed by atoms with E-state index in [-0.39, 0.29) is 5.69 Å². The molecule has 0 saturated carbocycles. The van der Waals surface area contributed by atoms with Gasteiger partial charge in [-0.05, 0) is 88.6 Å². The molecule has 0 aliphatic rings. The van der Waals surface area contributed by atoms with Crippen molar-refractivity contribution in [1.82, 2.24) is 9.80 Å². The van der Waals surface area contributed by atoms with E-state index in [4.69, 9.17) is 0 Å². The molecule has 54 heavy (non-hydrogen) atoms. The van der Waals surface area contributed by atoms with Crippen LogP contribution in [0.3, 0.4) is 0 Å². The number of nitro groups is 1. The van der Waals surface area contributed by atoms with Crippen molar-refractivity contribution in [3.63, 3.8) is 0 Å². The van der Waals surface area contributed by atoms with Gasteiger partial charge >= 0.3 is 0 Å². The van der Waals surface area contributed by atoms with Crippen LogP contribution in [-0.2, 0) is 13.1 Å². The average molecular weight is 735 g/mol. The van der Waals surface area contributed by atoms with Gasteiger partial charge in [-0.1, -0.05) is 111 Å². The number of rotatable bonds is 12. The molecule has 0 aliphatic carbocycles. The number of para-hydroxylation sites is 2. The van der Waals surface area contributed by atoms with Crippen molar-refractivity contribution in [2.75, 3.05) is 83.2 Å². The highest BCUT2D eigenvalue weighted by molar-refractivity contribution is 5.49. The minimum Gasteiger partial charge on any atom is -0.378 e. The van der Waals surface area contributed by atoms with Gasteiger partial charge in [0, 0.05) is 83.6 Å². The first kappa shape index (κ1) is 46.8. The average Bonchev–Trinajstić information content (AvgIpc) is 3.20. The normalized spacial score (nSPS) is 9.85. The minimum atomic E-state index is -0.403. The van der Waals surface area contributed by atoms with Crippen LogP contribution in [0.5, 0.6) is 0 Å². The van der Waals surface area contributed by atoms with Gasteiger partial charge in [0.25, 0.3) is 5.69 Å². The highest BCUT2D eigenvalue weighted by Gasteiger charge is 2.04. The maximum Gasteiger partial charge on any atom is 0.269 e. The summed E-state index contributed by atoms with van der Waals surface area (Å²) in [5.41, 5.74) is 6.42. The van der Waals surface area contributed by atoms with Gasteiger partial charge in [0.05, 0.1) is 4.92 Å². The second-order valence-electron chi connectivity index (χ2n) is 13.1. The van der Waals surface area contributed by atoms with Gasteiger partial charge in [-0.2, -0.15) is 0 Å². The van der Waals surface area contributed by atoms with E-state index in [0.29, 0.717) is 0 Å². The summed E-state index contributed by atoms with van der Waals surface area (Å²) in [7, 11) is 12.0. The van der Waals surface area contributed by atoms with Crippen LogP contribution in [0.25, 0.3) is 0 Å². The van der Waals surface area contributed by atoms with Crippen LogP contribution < -0.4 is 14.7 Å². The lowest BCUT2D eigenvalue weighted by molar-refractivity contribution is -0.384. The Morgan fingerprint density at radius 2 is 0.796 bits per heavy atom. The predicted molar refractivity (Wildman–Crippen MR) is 235 cm³/mol. The monoisotopic (exact) mass is 735 g/mol. The molecule has 0 aromatic heterocycles. The maximum atomic E-state index is 10.3. The molecule has 0 bridgehead atoms. The topological polar surface area (TPSA) is 59.3 Å². The first-order valence-electron chi connectivity index (χ1n) is 18.8. The second kappa shape index (κ2) is 28.3. The Morgan fingerprint density at radius 3 is 1.11 bits per heavy atom. The van der Waals surface area contributed by atoms with E-state index in [0.717, 1.165) is 45.0 Å². The number of nitro benzene ring substituents is 1. The first-order chi connectivity index (χ1) is 25.9. The van der Waals surface area contributed by atoms with Crippen molar-refractivity contribution >= 4 is 22.7 Å². The van der Waals surface area contributed by atoms with E-state index in [1.165, 1.54) is 34.6 Å². The quantitative estimate of drug-likeness (QED) is 0.0934. The Morgan fingerprint density at radius 1 is 0.444 bits per heavy atom. The Hall–Kier alpha value is -5.18. The third-order valence-corrected chi connectivity index (χ3v) is 8.22. The zero-order chi connectivity index (χ0) is 40.1. The molecule has 0 saturated heterocycles. The van der Waals surface area contributed by atoms with Crippen molar-refractivity contribution < 1.29 is 4.92 Å². The Labute approximate surface area is 327 Å². The van der Waals surface area contributed by atoms with Crippen LogP contribution in [0.2, 0.25) is 0 Å². The fourth-order valence-electron chi connectivity index (χ4n) is 5.06. The van der Waals surface area contributed by atoms with Crippen LogP contribution >= 0.6 is 0 Å². The van der Waals surface area contributed by atoms with E-state index in [1.807, 2.05) is 63.4 Å². The molecule has 0 fully saturated rings. The summed E-state index contributed by atoms with van der Waals surface area (Å²) >= 11 is 0. The second-order valence-corrected chi connectivity index (χ2v) is 13.1. The smallest absolute Gasteiger partial charge is 0.269 e. The summed E-state index contributed by atoms with van der Waals surface area (Å²) < 4.78 is 0. The summed E-state index contributed by atoms with van der Waals surface area (Å²) in [4.78, 5) is 20.8. The molecule has 0 unspecified atom stereocenters. The summed E-state index contributed by atoms with van der Waals surface area (Å²) in [6, 6.07) is 48.3. The van der Waals surface area contributed by atoms with Gasteiger partial charge in [0.2, 0.25) is 0 Å². The molecule has 5 rings (SSSR count). The molecule has 8 nitrogen and oxygen atoms in total. The van der Waals surface area contributed by atoms with E-state index >= 15 is 0 Å². The molecule has 5 aromatic rings. The van der Waals surface area contributed by atoms with Crippen molar-refractivity contribution in [1.29, 1.82) is 0 Å². The summed E-state index contributed by atoms with van der Waals surface area (Å²) in [6.07, 6.45) is 0. The fraction of sp³-hybridized carbons (Fsp3) is 0.348. The van der Waals surface area contributed by atoms with Crippen LogP contribution in [0.15, 0.2) is 146 Å². The van der Waals surface area contributed by atoms with Gasteiger partial charge in [-0.25, -0.2) is 0 Å². The van der Waals surface area contributed by atoms with Crippen molar-refractivity contribution in [2.24, 2.45) is 0 Å². The third-order valence-electron chi connectivity index (χ3n) is 8.22. The Balaban J connectivity index is 0.000000339. The van der Waals surface area contributed by atoms with E-state index in [9.17, 15) is 10.1 Å². The number of non-ortho nitro benzene ring substituents is 1. The van der Waals surface area contributed by atoms with Crippen molar-refractivity contribution in [3.8, 4) is 0 Å². The standard InChI is InChI=1S/C11H17N.C10H15N.C9H13N.C8H10N2O2.C8H11N/c1-3-12(4-2)10-11-8-6-5-7-9-11;1-3-11(4-2)10-8-6-5-7-9-10;1-10(2)8-9-6-4-3-5-7-9;1-9(2)7-3-5-8(6-4-7)10(11)12;1-9(2)8-6-4-3-5-7-8/h5-9H,3-4,10H2,1-2H3;5-9H,3-4H2,1-2H3;3-7H,8H2,1-2H3;3-6H,1-2H3;3-7H,1-2H3. The van der Waals surface area contributed by atoms with Gasteiger partial charge in [-0.15, -0.1) is 0 Å². The van der Waals surface area contributed by atoms with Crippen LogP contribution in [0, 0.1) is 10.1 Å². The zero-order valence-electron chi connectivity index (χ0n) is 34.6. The molecule has 0 aliphatic heterocycles. The number of hydrogen-bond donors (Lipinski definition) is 0. The molecule has 0 atom stereocenters. The molecule has 0 N–H and O–H groups in total. The van der Waals surface area contributed by atoms with Gasteiger partial charge in [0.15, 0.2) is 0 Å². The molecule has 292 valence electrons. The largest absolute Gasteiger partial charge is 0.378 e. The van der Waals surface area contributed by atoms with Gasteiger partial charge < -0.3 is 19.6 Å². The number of hydrogen-bond acceptors (Lipinski definition) is 7. The number of benzene rings is 5. The maximum absolute atomic E-state index is 10.3. The Bertz CT molecular complexity index is 1590. The first-order valence-corrected chi connectivity index (χ1v) is 18.8. The number of nitrogens with zero attached hydrogens (tertiary/aromatic N) is 6. The zero-order valence-corrected chi connectivity index (χ0v) is 34.6. The van der Waals surface area contributed by atoms with E-state index in [1.54, 1.807) is 12.1 Å². The van der Waals surface area contributed by atoms with Gasteiger partial charge in [-0.3, -0.25) is 15.0 Å². The molecular formula is C46H66N6O2. The van der Waals surface area contributed by atoms with Crippen molar-refractivity contribution in [3.05, 3.63) is 167 Å². The lowest BCUT2D eigenvalue weighted by Crippen LogP contribution is -2.21. The van der Waals surface area contributed by atoms with Gasteiger partial charge in [0.1, 0.15) is 0 Å². The third kappa shape index (κ3) is 20.8. The SMILES string of the molecule is CCN(CC)Cc1ccccc1.CCN(CC)c1ccccc1.CN(C)Cc1ccccc1.CN(C)c1ccc([N+](=O)[O-])cc1.CN(C)c1ccccc1. The molecule has 0 spiro atoms. The van der Waals surface area contributed by atoms with Crippen LogP contribution in [0.4, 0.5) is 22.7 Å². The minimum absolute atomic E-state index is 0.126. The molecular weight excluding hydrogens is 669 g/mol. The van der Waals surface area contributed by atoms with E-state index < -0.39 is 4.92 Å².